The second-order valence-electron chi connectivity index (χ2n) is 2.25. The van der Waals surface area contributed by atoms with Crippen molar-refractivity contribution in [3.8, 4) is 0 Å². The largest absolute Gasteiger partial charge is 1.00 e. The van der Waals surface area contributed by atoms with Crippen LogP contribution in [0.15, 0.2) is 30.3 Å². The van der Waals surface area contributed by atoms with Gasteiger partial charge in [0, 0.05) is 6.16 Å². The molecule has 0 unspecified atom stereocenters. The first-order valence-corrected chi connectivity index (χ1v) is 4.86. The summed E-state index contributed by atoms with van der Waals surface area (Å²) >= 11 is 0. The van der Waals surface area contributed by atoms with Gasteiger partial charge in [-0.25, -0.2) is 0 Å². The molecule has 0 saturated carbocycles. The van der Waals surface area contributed by atoms with Crippen LogP contribution in [0.25, 0.3) is 0 Å². The van der Waals surface area contributed by atoms with Crippen molar-refractivity contribution >= 4 is 7.60 Å². The molecule has 0 amide bonds. The van der Waals surface area contributed by atoms with E-state index in [-0.39, 0.29) is 103 Å². The van der Waals surface area contributed by atoms with Crippen LogP contribution in [0.3, 0.4) is 0 Å². The molecule has 0 aliphatic heterocycles. The van der Waals surface area contributed by atoms with Gasteiger partial charge >= 0.3 is 103 Å². The fourth-order valence-electron chi connectivity index (χ4n) is 0.807. The maximum Gasteiger partial charge on any atom is 1.00 e. The molecule has 0 bridgehead atoms. The number of hydrogen-bond donors (Lipinski definition) is 0. The molecule has 13 heavy (non-hydrogen) atoms. The summed E-state index contributed by atoms with van der Waals surface area (Å²) < 4.78 is 10.3. The molecule has 1 rings (SSSR count). The van der Waals surface area contributed by atoms with Crippen LogP contribution in [0, 0.1) is 0 Å². The predicted molar refractivity (Wildman–Crippen MR) is 37.8 cm³/mol. The zero-order valence-electron chi connectivity index (χ0n) is 7.77. The van der Waals surface area contributed by atoms with Gasteiger partial charge in [0.1, 0.15) is 0 Å². The van der Waals surface area contributed by atoms with Crippen molar-refractivity contribution in [1.82, 2.24) is 0 Å². The van der Waals surface area contributed by atoms with Crippen molar-refractivity contribution in [3.05, 3.63) is 35.9 Å². The van der Waals surface area contributed by atoms with Gasteiger partial charge in [-0.2, -0.15) is 0 Å². The van der Waals surface area contributed by atoms with E-state index in [1.807, 2.05) is 0 Å². The summed E-state index contributed by atoms with van der Waals surface area (Å²) in [7, 11) is -4.39. The van der Waals surface area contributed by atoms with E-state index < -0.39 is 13.8 Å². The Hall–Kier alpha value is 2.64. The van der Waals surface area contributed by atoms with Gasteiger partial charge in [-0.1, -0.05) is 37.9 Å². The molecule has 0 aliphatic rings. The Morgan fingerprint density at radius 2 is 1.54 bits per heavy atom. The summed E-state index contributed by atoms with van der Waals surface area (Å²) in [5.41, 5.74) is 0.542. The van der Waals surface area contributed by atoms with Crippen LogP contribution in [0.5, 0.6) is 0 Å². The standard InChI is InChI=1S/C7H9O3P.2K/c8-11(9,10)6-7-4-2-1-3-5-7;;/h1-5H,6H2,(H2,8,9,10);;/q;2*+1/p-2. The molecule has 0 atom stereocenters. The summed E-state index contributed by atoms with van der Waals surface area (Å²) in [6.45, 7) is 0. The molecule has 60 valence electrons. The van der Waals surface area contributed by atoms with Gasteiger partial charge in [0.25, 0.3) is 0 Å². The number of benzene rings is 1. The maximum absolute atomic E-state index is 10.3. The Kier molecular flexibility index (Phi) is 12.1. The molecule has 0 saturated heterocycles. The minimum Gasteiger partial charge on any atom is -0.810 e. The van der Waals surface area contributed by atoms with Crippen molar-refractivity contribution in [3.63, 3.8) is 0 Å². The maximum atomic E-state index is 10.3. The van der Waals surface area contributed by atoms with E-state index in [0.29, 0.717) is 5.56 Å². The first-order chi connectivity index (χ1) is 5.08. The summed E-state index contributed by atoms with van der Waals surface area (Å²) in [5, 5.41) is 0. The van der Waals surface area contributed by atoms with Crippen LogP contribution in [-0.2, 0) is 10.7 Å². The Labute approximate surface area is 163 Å². The number of hydrogen-bond acceptors (Lipinski definition) is 3. The average Bonchev–Trinajstić information content (AvgIpc) is 1.85. The molecule has 1 aromatic carbocycles. The predicted octanol–water partition coefficient (Wildman–Crippen LogP) is -5.89. The van der Waals surface area contributed by atoms with E-state index in [1.165, 1.54) is 0 Å². The Balaban J connectivity index is 0. The zero-order chi connectivity index (χ0) is 8.32. The van der Waals surface area contributed by atoms with Gasteiger partial charge in [0.05, 0.1) is 0 Å². The van der Waals surface area contributed by atoms with Gasteiger partial charge in [0.15, 0.2) is 0 Å². The molecule has 0 N–H and O–H groups in total. The third-order valence-corrected chi connectivity index (χ3v) is 1.97. The molecule has 0 heterocycles. The Morgan fingerprint density at radius 3 is 1.92 bits per heavy atom. The number of rotatable bonds is 2. The normalized spacial score (nSPS) is 9.69. The van der Waals surface area contributed by atoms with Crippen LogP contribution < -0.4 is 113 Å². The molecular weight excluding hydrogens is 241 g/mol. The van der Waals surface area contributed by atoms with Crippen LogP contribution in [0.4, 0.5) is 0 Å². The van der Waals surface area contributed by atoms with Gasteiger partial charge in [-0.15, -0.1) is 0 Å². The van der Waals surface area contributed by atoms with E-state index in [1.54, 1.807) is 30.3 Å². The molecule has 0 aliphatic carbocycles. The molecule has 6 heteroatoms. The van der Waals surface area contributed by atoms with Gasteiger partial charge in [-0.05, 0) is 5.56 Å². The van der Waals surface area contributed by atoms with E-state index in [2.05, 4.69) is 0 Å². The van der Waals surface area contributed by atoms with Gasteiger partial charge in [-0.3, -0.25) is 0 Å². The van der Waals surface area contributed by atoms with Crippen LogP contribution in [-0.4, -0.2) is 0 Å². The minimum atomic E-state index is -4.39. The van der Waals surface area contributed by atoms with Crippen molar-refractivity contribution < 1.29 is 117 Å². The first kappa shape index (κ1) is 18.0. The van der Waals surface area contributed by atoms with Crippen molar-refractivity contribution in [2.75, 3.05) is 0 Å². The SMILES string of the molecule is O=P([O-])([O-])Cc1ccccc1.[K+].[K+]. The van der Waals surface area contributed by atoms with Gasteiger partial charge in [0.2, 0.25) is 0 Å². The fraction of sp³-hybridized carbons (Fsp3) is 0.143. The monoisotopic (exact) mass is 248 g/mol. The van der Waals surface area contributed by atoms with Crippen LogP contribution in [0.1, 0.15) is 5.56 Å². The zero-order valence-corrected chi connectivity index (χ0v) is 14.9. The molecule has 0 spiro atoms. The Bertz CT molecular complexity index is 272. The summed E-state index contributed by atoms with van der Waals surface area (Å²) in [5.74, 6) is 0. The molecule has 1 aromatic rings. The van der Waals surface area contributed by atoms with Crippen LogP contribution >= 0.6 is 7.60 Å². The molecule has 0 fully saturated rings. The van der Waals surface area contributed by atoms with E-state index in [4.69, 9.17) is 0 Å². The molecule has 0 aromatic heterocycles. The summed E-state index contributed by atoms with van der Waals surface area (Å²) in [4.78, 5) is 20.5. The van der Waals surface area contributed by atoms with Gasteiger partial charge < -0.3 is 14.4 Å². The van der Waals surface area contributed by atoms with E-state index in [9.17, 15) is 14.4 Å². The third-order valence-electron chi connectivity index (χ3n) is 1.22. The van der Waals surface area contributed by atoms with Crippen molar-refractivity contribution in [1.29, 1.82) is 0 Å². The summed E-state index contributed by atoms with van der Waals surface area (Å²) in [6.07, 6.45) is -0.395. The molecule has 0 radical (unpaired) electrons. The molecule has 3 nitrogen and oxygen atoms in total. The smallest absolute Gasteiger partial charge is 0.810 e. The average molecular weight is 248 g/mol. The third kappa shape index (κ3) is 9.56. The molecular formula is C7H7K2O3P. The first-order valence-electron chi connectivity index (χ1n) is 3.13. The topological polar surface area (TPSA) is 63.2 Å². The second-order valence-corrected chi connectivity index (χ2v) is 3.79. The second kappa shape index (κ2) is 8.76. The van der Waals surface area contributed by atoms with E-state index >= 15 is 0 Å². The van der Waals surface area contributed by atoms with Crippen molar-refractivity contribution in [2.45, 2.75) is 6.16 Å². The van der Waals surface area contributed by atoms with E-state index in [0.717, 1.165) is 0 Å². The summed E-state index contributed by atoms with van der Waals surface area (Å²) in [6, 6.07) is 8.39. The quantitative estimate of drug-likeness (QED) is 0.387. The minimum absolute atomic E-state index is 0. The Morgan fingerprint density at radius 1 is 1.08 bits per heavy atom. The fourth-order valence-corrected chi connectivity index (χ4v) is 1.47. The van der Waals surface area contributed by atoms with Crippen LogP contribution in [0.2, 0.25) is 0 Å². The van der Waals surface area contributed by atoms with Crippen molar-refractivity contribution in [2.24, 2.45) is 0 Å².